The predicted octanol–water partition coefficient (Wildman–Crippen LogP) is 2.70. The van der Waals surface area contributed by atoms with Crippen LogP contribution in [0.4, 0.5) is 10.5 Å². The molecule has 0 bridgehead atoms. The maximum absolute atomic E-state index is 12.2. The molecule has 0 aliphatic rings. The molecule has 1 atom stereocenters. The molecule has 3 rings (SSSR count). The quantitative estimate of drug-likeness (QED) is 0.742. The zero-order chi connectivity index (χ0) is 16.9. The third-order valence-corrected chi connectivity index (χ3v) is 4.40. The molecule has 2 amide bonds. The van der Waals surface area contributed by atoms with Gasteiger partial charge in [-0.1, -0.05) is 6.92 Å². The van der Waals surface area contributed by atoms with E-state index >= 15 is 0 Å². The van der Waals surface area contributed by atoms with Gasteiger partial charge in [-0.15, -0.1) is 16.4 Å². The summed E-state index contributed by atoms with van der Waals surface area (Å²) < 4.78 is 1.58. The third kappa shape index (κ3) is 3.57. The number of aryl methyl sites for hydroxylation is 1. The predicted molar refractivity (Wildman–Crippen MR) is 91.2 cm³/mol. The number of hydrogen-bond acceptors (Lipinski definition) is 6. The molecular formula is C15H17N7OS. The maximum atomic E-state index is 12.2. The summed E-state index contributed by atoms with van der Waals surface area (Å²) in [5, 5.41) is 19.7. The SMILES string of the molecule is CCC(NC(=O)Nc1ccc(-n2cnnn2)c(C)c1)c1nccs1. The summed E-state index contributed by atoms with van der Waals surface area (Å²) in [7, 11) is 0. The second-order valence-electron chi connectivity index (χ2n) is 5.19. The Kier molecular flexibility index (Phi) is 4.80. The van der Waals surface area contributed by atoms with Gasteiger partial charge in [-0.25, -0.2) is 14.5 Å². The van der Waals surface area contributed by atoms with Crippen molar-refractivity contribution in [3.63, 3.8) is 0 Å². The molecule has 2 aromatic heterocycles. The fraction of sp³-hybridized carbons (Fsp3) is 0.267. The van der Waals surface area contributed by atoms with Gasteiger partial charge in [0.25, 0.3) is 0 Å². The van der Waals surface area contributed by atoms with Crippen molar-refractivity contribution in [2.75, 3.05) is 5.32 Å². The average molecular weight is 343 g/mol. The van der Waals surface area contributed by atoms with Crippen LogP contribution < -0.4 is 10.6 Å². The summed E-state index contributed by atoms with van der Waals surface area (Å²) in [6, 6.07) is 5.20. The van der Waals surface area contributed by atoms with Gasteiger partial charge in [-0.3, -0.25) is 0 Å². The summed E-state index contributed by atoms with van der Waals surface area (Å²) in [4.78, 5) is 16.5. The fourth-order valence-electron chi connectivity index (χ4n) is 2.33. The minimum absolute atomic E-state index is 0.0911. The molecule has 124 valence electrons. The lowest BCUT2D eigenvalue weighted by Crippen LogP contribution is -2.32. The highest BCUT2D eigenvalue weighted by Crippen LogP contribution is 2.20. The van der Waals surface area contributed by atoms with E-state index in [4.69, 9.17) is 0 Å². The van der Waals surface area contributed by atoms with Gasteiger partial charge in [0, 0.05) is 17.3 Å². The van der Waals surface area contributed by atoms with Crippen LogP contribution in [0.25, 0.3) is 5.69 Å². The number of carbonyl (C=O) groups is 1. The van der Waals surface area contributed by atoms with Gasteiger partial charge in [0.05, 0.1) is 11.7 Å². The third-order valence-electron chi connectivity index (χ3n) is 3.51. The molecule has 1 aromatic carbocycles. The van der Waals surface area contributed by atoms with Crippen LogP contribution in [-0.2, 0) is 0 Å². The van der Waals surface area contributed by atoms with E-state index in [9.17, 15) is 4.79 Å². The largest absolute Gasteiger partial charge is 0.329 e. The number of thiazole rings is 1. The van der Waals surface area contributed by atoms with Crippen molar-refractivity contribution in [1.29, 1.82) is 0 Å². The first-order valence-corrected chi connectivity index (χ1v) is 8.36. The van der Waals surface area contributed by atoms with Crippen LogP contribution in [0.15, 0.2) is 36.1 Å². The smallest absolute Gasteiger partial charge is 0.319 e. The molecule has 3 aromatic rings. The van der Waals surface area contributed by atoms with Gasteiger partial charge in [0.15, 0.2) is 0 Å². The van der Waals surface area contributed by atoms with Crippen molar-refractivity contribution in [3.05, 3.63) is 46.7 Å². The molecule has 24 heavy (non-hydrogen) atoms. The maximum Gasteiger partial charge on any atom is 0.319 e. The van der Waals surface area contributed by atoms with Crippen LogP contribution >= 0.6 is 11.3 Å². The summed E-state index contributed by atoms with van der Waals surface area (Å²) in [6.45, 7) is 3.95. The van der Waals surface area contributed by atoms with Gasteiger partial charge in [0.2, 0.25) is 0 Å². The summed E-state index contributed by atoms with van der Waals surface area (Å²) in [5.74, 6) is 0. The molecular weight excluding hydrogens is 326 g/mol. The molecule has 0 aliphatic heterocycles. The first-order chi connectivity index (χ1) is 11.7. The minimum Gasteiger partial charge on any atom is -0.329 e. The number of aromatic nitrogens is 5. The highest BCUT2D eigenvalue weighted by atomic mass is 32.1. The Morgan fingerprint density at radius 2 is 2.29 bits per heavy atom. The fourth-order valence-corrected chi connectivity index (χ4v) is 3.11. The van der Waals surface area contributed by atoms with Crippen LogP contribution in [-0.4, -0.2) is 31.2 Å². The van der Waals surface area contributed by atoms with Crippen LogP contribution in [0, 0.1) is 6.92 Å². The number of hydrogen-bond donors (Lipinski definition) is 2. The second-order valence-corrected chi connectivity index (χ2v) is 6.11. The van der Waals surface area contributed by atoms with Crippen molar-refractivity contribution >= 4 is 23.1 Å². The molecule has 0 spiro atoms. The minimum atomic E-state index is -0.258. The molecule has 0 radical (unpaired) electrons. The summed E-state index contributed by atoms with van der Waals surface area (Å²) in [6.07, 6.45) is 4.05. The van der Waals surface area contributed by atoms with E-state index in [-0.39, 0.29) is 12.1 Å². The van der Waals surface area contributed by atoms with E-state index in [1.807, 2.05) is 37.4 Å². The van der Waals surface area contributed by atoms with Gasteiger partial charge < -0.3 is 10.6 Å². The summed E-state index contributed by atoms with van der Waals surface area (Å²) >= 11 is 1.53. The Labute approximate surface area is 142 Å². The molecule has 8 nitrogen and oxygen atoms in total. The van der Waals surface area contributed by atoms with E-state index < -0.39 is 0 Å². The van der Waals surface area contributed by atoms with Crippen LogP contribution in [0.1, 0.15) is 30.0 Å². The normalized spacial score (nSPS) is 11.9. The number of anilines is 1. The lowest BCUT2D eigenvalue weighted by atomic mass is 10.2. The Bertz CT molecular complexity index is 801. The van der Waals surface area contributed by atoms with E-state index in [1.54, 1.807) is 10.9 Å². The van der Waals surface area contributed by atoms with E-state index in [2.05, 4.69) is 31.1 Å². The van der Waals surface area contributed by atoms with Crippen LogP contribution in [0.5, 0.6) is 0 Å². The summed E-state index contributed by atoms with van der Waals surface area (Å²) in [5.41, 5.74) is 2.52. The first kappa shape index (κ1) is 16.1. The van der Waals surface area contributed by atoms with E-state index in [0.29, 0.717) is 5.69 Å². The number of tetrazole rings is 1. The topological polar surface area (TPSA) is 97.6 Å². The number of carbonyl (C=O) groups excluding carboxylic acids is 1. The van der Waals surface area contributed by atoms with E-state index in [1.165, 1.54) is 17.7 Å². The molecule has 0 aliphatic carbocycles. The van der Waals surface area contributed by atoms with Crippen molar-refractivity contribution in [2.24, 2.45) is 0 Å². The molecule has 0 saturated carbocycles. The lowest BCUT2D eigenvalue weighted by Gasteiger charge is -2.15. The average Bonchev–Trinajstić information content (AvgIpc) is 3.26. The Morgan fingerprint density at radius 3 is 2.92 bits per heavy atom. The lowest BCUT2D eigenvalue weighted by molar-refractivity contribution is 0.248. The van der Waals surface area contributed by atoms with Gasteiger partial charge in [0.1, 0.15) is 11.3 Å². The van der Waals surface area contributed by atoms with Crippen molar-refractivity contribution in [1.82, 2.24) is 30.5 Å². The molecule has 1 unspecified atom stereocenters. The van der Waals surface area contributed by atoms with Crippen LogP contribution in [0.3, 0.4) is 0 Å². The molecule has 0 fully saturated rings. The van der Waals surface area contributed by atoms with Gasteiger partial charge in [-0.2, -0.15) is 0 Å². The number of rotatable bonds is 5. The Balaban J connectivity index is 1.67. The van der Waals surface area contributed by atoms with E-state index in [0.717, 1.165) is 22.7 Å². The van der Waals surface area contributed by atoms with Gasteiger partial charge in [-0.05, 0) is 47.5 Å². The van der Waals surface area contributed by atoms with Crippen molar-refractivity contribution < 1.29 is 4.79 Å². The Morgan fingerprint density at radius 1 is 1.42 bits per heavy atom. The number of nitrogens with zero attached hydrogens (tertiary/aromatic N) is 5. The molecule has 2 heterocycles. The Hall–Kier alpha value is -2.81. The standard InChI is InChI=1S/C15H17N7OS/c1-3-12(14-16-6-7-24-14)19-15(23)18-11-4-5-13(10(2)8-11)22-9-17-20-21-22/h4-9,12H,3H2,1-2H3,(H2,18,19,23). The number of urea groups is 1. The molecule has 2 N–H and O–H groups in total. The number of amides is 2. The van der Waals surface area contributed by atoms with Gasteiger partial charge >= 0.3 is 6.03 Å². The highest BCUT2D eigenvalue weighted by molar-refractivity contribution is 7.09. The monoisotopic (exact) mass is 343 g/mol. The van der Waals surface area contributed by atoms with Crippen molar-refractivity contribution in [3.8, 4) is 5.69 Å². The first-order valence-electron chi connectivity index (χ1n) is 7.48. The molecule has 9 heteroatoms. The molecule has 0 saturated heterocycles. The number of nitrogens with one attached hydrogen (secondary N) is 2. The highest BCUT2D eigenvalue weighted by Gasteiger charge is 2.15. The number of benzene rings is 1. The zero-order valence-corrected chi connectivity index (χ0v) is 14.1. The zero-order valence-electron chi connectivity index (χ0n) is 13.3. The van der Waals surface area contributed by atoms with Crippen LogP contribution in [0.2, 0.25) is 0 Å². The van der Waals surface area contributed by atoms with Crippen molar-refractivity contribution in [2.45, 2.75) is 26.3 Å². The second kappa shape index (κ2) is 7.18.